The van der Waals surface area contributed by atoms with Crippen molar-refractivity contribution in [1.29, 1.82) is 0 Å². The van der Waals surface area contributed by atoms with Crippen LogP contribution in [0.5, 0.6) is 0 Å². The van der Waals surface area contributed by atoms with Gasteiger partial charge >= 0.3 is 5.97 Å². The fourth-order valence-corrected chi connectivity index (χ4v) is 1.71. The zero-order valence-electron chi connectivity index (χ0n) is 9.43. The van der Waals surface area contributed by atoms with Gasteiger partial charge in [0.1, 0.15) is 5.54 Å². The van der Waals surface area contributed by atoms with E-state index >= 15 is 0 Å². The van der Waals surface area contributed by atoms with Crippen LogP contribution in [0.1, 0.15) is 40.0 Å². The molecule has 1 rings (SSSR count). The summed E-state index contributed by atoms with van der Waals surface area (Å²) in [7, 11) is 0. The summed E-state index contributed by atoms with van der Waals surface area (Å²) in [5.74, 6) is 0.393. The molecule has 0 heterocycles. The van der Waals surface area contributed by atoms with E-state index in [4.69, 9.17) is 4.74 Å². The van der Waals surface area contributed by atoms with Crippen LogP contribution in [0.3, 0.4) is 0 Å². The molecule has 0 aliphatic heterocycles. The first-order valence-electron chi connectivity index (χ1n) is 5.57. The van der Waals surface area contributed by atoms with Gasteiger partial charge in [-0.2, -0.15) is 0 Å². The Kier molecular flexibility index (Phi) is 3.93. The lowest BCUT2D eigenvalue weighted by Gasteiger charge is -2.28. The smallest absolute Gasteiger partial charge is 0.326 e. The summed E-state index contributed by atoms with van der Waals surface area (Å²) in [5, 5.41) is 3.32. The third-order valence-electron chi connectivity index (χ3n) is 2.84. The Labute approximate surface area is 86.2 Å². The van der Waals surface area contributed by atoms with Gasteiger partial charge < -0.3 is 10.1 Å². The molecule has 0 aromatic rings. The van der Waals surface area contributed by atoms with Crippen molar-refractivity contribution in [1.82, 2.24) is 5.32 Å². The highest BCUT2D eigenvalue weighted by atomic mass is 16.5. The molecule has 1 saturated carbocycles. The molecular weight excluding hydrogens is 178 g/mol. The number of hydrogen-bond acceptors (Lipinski definition) is 3. The SMILES string of the molecule is CCCNC(C)(C(=O)OCC)C1CC1. The molecule has 14 heavy (non-hydrogen) atoms. The van der Waals surface area contributed by atoms with Gasteiger partial charge in [-0.15, -0.1) is 0 Å². The van der Waals surface area contributed by atoms with Gasteiger partial charge in [0.15, 0.2) is 0 Å². The molecule has 1 N–H and O–H groups in total. The maximum atomic E-state index is 11.8. The van der Waals surface area contributed by atoms with Crippen molar-refractivity contribution in [3.63, 3.8) is 0 Å². The summed E-state index contributed by atoms with van der Waals surface area (Å²) in [6.07, 6.45) is 3.33. The van der Waals surface area contributed by atoms with Crippen LogP contribution in [0.25, 0.3) is 0 Å². The van der Waals surface area contributed by atoms with Crippen molar-refractivity contribution >= 4 is 5.97 Å². The molecule has 1 aliphatic carbocycles. The van der Waals surface area contributed by atoms with E-state index in [-0.39, 0.29) is 5.97 Å². The number of rotatable bonds is 6. The lowest BCUT2D eigenvalue weighted by atomic mass is 9.96. The number of hydrogen-bond donors (Lipinski definition) is 1. The normalized spacial score (nSPS) is 20.2. The highest BCUT2D eigenvalue weighted by Gasteiger charge is 2.47. The minimum Gasteiger partial charge on any atom is -0.465 e. The zero-order valence-corrected chi connectivity index (χ0v) is 9.43. The third-order valence-corrected chi connectivity index (χ3v) is 2.84. The van der Waals surface area contributed by atoms with Crippen molar-refractivity contribution in [2.24, 2.45) is 5.92 Å². The zero-order chi connectivity index (χ0) is 10.6. The van der Waals surface area contributed by atoms with Crippen LogP contribution in [0.4, 0.5) is 0 Å². The maximum Gasteiger partial charge on any atom is 0.326 e. The first kappa shape index (κ1) is 11.5. The number of esters is 1. The van der Waals surface area contributed by atoms with Crippen LogP contribution in [0.2, 0.25) is 0 Å². The molecule has 1 unspecified atom stereocenters. The third kappa shape index (κ3) is 2.47. The Morgan fingerprint density at radius 1 is 1.50 bits per heavy atom. The van der Waals surface area contributed by atoms with Crippen LogP contribution < -0.4 is 5.32 Å². The fourth-order valence-electron chi connectivity index (χ4n) is 1.71. The van der Waals surface area contributed by atoms with E-state index in [1.807, 2.05) is 13.8 Å². The molecule has 0 aromatic heterocycles. The van der Waals surface area contributed by atoms with E-state index in [0.29, 0.717) is 12.5 Å². The first-order chi connectivity index (χ1) is 6.65. The molecule has 0 amide bonds. The minimum atomic E-state index is -0.438. The predicted octanol–water partition coefficient (Wildman–Crippen LogP) is 1.72. The number of carbonyl (C=O) groups is 1. The molecule has 82 valence electrons. The Bertz CT molecular complexity index is 201. The van der Waals surface area contributed by atoms with Gasteiger partial charge in [0, 0.05) is 0 Å². The Morgan fingerprint density at radius 2 is 2.14 bits per heavy atom. The fraction of sp³-hybridized carbons (Fsp3) is 0.909. The van der Waals surface area contributed by atoms with E-state index in [9.17, 15) is 4.79 Å². The summed E-state index contributed by atoms with van der Waals surface area (Å²) in [5.41, 5.74) is -0.438. The largest absolute Gasteiger partial charge is 0.465 e. The van der Waals surface area contributed by atoms with Crippen molar-refractivity contribution in [2.75, 3.05) is 13.2 Å². The van der Waals surface area contributed by atoms with Crippen molar-refractivity contribution in [3.05, 3.63) is 0 Å². The predicted molar refractivity (Wildman–Crippen MR) is 56.1 cm³/mol. The summed E-state index contributed by atoms with van der Waals surface area (Å²) < 4.78 is 5.10. The summed E-state index contributed by atoms with van der Waals surface area (Å²) >= 11 is 0. The number of ether oxygens (including phenoxy) is 1. The van der Waals surface area contributed by atoms with Gasteiger partial charge in [-0.3, -0.25) is 4.79 Å². The van der Waals surface area contributed by atoms with Gasteiger partial charge in [0.2, 0.25) is 0 Å². The van der Waals surface area contributed by atoms with Gasteiger partial charge in [-0.25, -0.2) is 0 Å². The second-order valence-corrected chi connectivity index (χ2v) is 4.12. The van der Waals surface area contributed by atoms with Crippen molar-refractivity contribution < 1.29 is 9.53 Å². The Hall–Kier alpha value is -0.570. The standard InChI is InChI=1S/C11H21NO2/c1-4-8-12-11(3,9-6-7-9)10(13)14-5-2/h9,12H,4-8H2,1-3H3. The Balaban J connectivity index is 2.55. The molecular formula is C11H21NO2. The van der Waals surface area contributed by atoms with E-state index in [1.165, 1.54) is 0 Å². The number of carbonyl (C=O) groups excluding carboxylic acids is 1. The summed E-state index contributed by atoms with van der Waals surface area (Å²) in [4.78, 5) is 11.8. The van der Waals surface area contributed by atoms with E-state index in [0.717, 1.165) is 25.8 Å². The average Bonchev–Trinajstić information content (AvgIpc) is 2.97. The second-order valence-electron chi connectivity index (χ2n) is 4.12. The molecule has 0 radical (unpaired) electrons. The van der Waals surface area contributed by atoms with Gasteiger partial charge in [0.05, 0.1) is 6.61 Å². The van der Waals surface area contributed by atoms with E-state index in [1.54, 1.807) is 0 Å². The monoisotopic (exact) mass is 199 g/mol. The topological polar surface area (TPSA) is 38.3 Å². The molecule has 1 fully saturated rings. The minimum absolute atomic E-state index is 0.0871. The summed E-state index contributed by atoms with van der Waals surface area (Å²) in [6.45, 7) is 7.27. The van der Waals surface area contributed by atoms with Gasteiger partial charge in [-0.1, -0.05) is 6.92 Å². The van der Waals surface area contributed by atoms with Crippen LogP contribution in [-0.4, -0.2) is 24.7 Å². The molecule has 1 aliphatic rings. The van der Waals surface area contributed by atoms with Crippen molar-refractivity contribution in [2.45, 2.75) is 45.6 Å². The summed E-state index contributed by atoms with van der Waals surface area (Å²) in [6, 6.07) is 0. The highest BCUT2D eigenvalue weighted by Crippen LogP contribution is 2.40. The molecule has 3 nitrogen and oxygen atoms in total. The quantitative estimate of drug-likeness (QED) is 0.662. The lowest BCUT2D eigenvalue weighted by Crippen LogP contribution is -2.52. The van der Waals surface area contributed by atoms with Crippen LogP contribution in [0.15, 0.2) is 0 Å². The Morgan fingerprint density at radius 3 is 2.57 bits per heavy atom. The molecule has 0 bridgehead atoms. The average molecular weight is 199 g/mol. The van der Waals surface area contributed by atoms with E-state index < -0.39 is 5.54 Å². The van der Waals surface area contributed by atoms with Gasteiger partial charge in [-0.05, 0) is 45.6 Å². The van der Waals surface area contributed by atoms with E-state index in [2.05, 4.69) is 12.2 Å². The van der Waals surface area contributed by atoms with Gasteiger partial charge in [0.25, 0.3) is 0 Å². The molecule has 3 heteroatoms. The molecule has 0 aromatic carbocycles. The molecule has 1 atom stereocenters. The lowest BCUT2D eigenvalue weighted by molar-refractivity contribution is -0.151. The number of nitrogens with one attached hydrogen (secondary N) is 1. The van der Waals surface area contributed by atoms with Crippen LogP contribution >= 0.6 is 0 Å². The van der Waals surface area contributed by atoms with Crippen LogP contribution in [-0.2, 0) is 9.53 Å². The first-order valence-corrected chi connectivity index (χ1v) is 5.57. The maximum absolute atomic E-state index is 11.8. The molecule has 0 spiro atoms. The van der Waals surface area contributed by atoms with Crippen LogP contribution in [0, 0.1) is 5.92 Å². The highest BCUT2D eigenvalue weighted by molar-refractivity contribution is 5.81. The molecule has 0 saturated heterocycles. The van der Waals surface area contributed by atoms with Crippen molar-refractivity contribution in [3.8, 4) is 0 Å². The second kappa shape index (κ2) is 4.78.